The van der Waals surface area contributed by atoms with Crippen LogP contribution in [0.4, 0.5) is 11.4 Å². The number of benzene rings is 5. The van der Waals surface area contributed by atoms with Gasteiger partial charge in [0.05, 0.1) is 30.9 Å². The highest BCUT2D eigenvalue weighted by Crippen LogP contribution is 2.57. The number of carbonyl (C=O) groups excluding carboxylic acids is 6. The topological polar surface area (TPSA) is 243 Å². The Bertz CT molecular complexity index is 2970. The molecule has 5 aromatic rings. The van der Waals surface area contributed by atoms with Crippen molar-refractivity contribution in [2.45, 2.75) is 69.4 Å². The number of carboxylic acid groups (broad SMARTS) is 1. The molecule has 0 fully saturated rings. The van der Waals surface area contributed by atoms with E-state index in [0.29, 0.717) is 104 Å². The van der Waals surface area contributed by atoms with E-state index in [9.17, 15) is 38.7 Å². The molecule has 430 valence electrons. The number of carboxylic acids is 1. The Morgan fingerprint density at radius 2 is 1.01 bits per heavy atom. The van der Waals surface area contributed by atoms with E-state index in [1.165, 1.54) is 24.3 Å². The molecule has 2 heterocycles. The number of nitrogens with zero attached hydrogens (tertiary/aromatic N) is 2. The van der Waals surface area contributed by atoms with Gasteiger partial charge < -0.3 is 60.4 Å². The average Bonchev–Trinajstić information content (AvgIpc) is 2.20. The van der Waals surface area contributed by atoms with Crippen LogP contribution in [0, 0.1) is 0 Å². The molecule has 7 rings (SSSR count). The smallest absolute Gasteiger partial charge is 0.340 e. The molecule has 2 aliphatic heterocycles. The Labute approximate surface area is 477 Å². The summed E-state index contributed by atoms with van der Waals surface area (Å²) in [6, 6.07) is 27.2. The minimum atomic E-state index is -1.31. The first kappa shape index (κ1) is 60.6. The number of fused-ring (bicyclic) bond motifs is 6. The summed E-state index contributed by atoms with van der Waals surface area (Å²) in [7, 11) is 7.73. The fraction of sp³-hybridized carbons (Fsp3) is 0.393. The van der Waals surface area contributed by atoms with Gasteiger partial charge in [-0.15, -0.1) is 11.6 Å². The first-order chi connectivity index (χ1) is 39.1. The van der Waals surface area contributed by atoms with Crippen LogP contribution in [-0.4, -0.2) is 139 Å². The molecule has 2 aliphatic rings. The van der Waals surface area contributed by atoms with Gasteiger partial charge in [0, 0.05) is 129 Å². The highest BCUT2D eigenvalue weighted by Gasteiger charge is 2.54. The van der Waals surface area contributed by atoms with Crippen molar-refractivity contribution in [1.82, 2.24) is 26.6 Å². The van der Waals surface area contributed by atoms with Crippen LogP contribution in [0.2, 0.25) is 0 Å². The van der Waals surface area contributed by atoms with Gasteiger partial charge in [-0.25, -0.2) is 9.59 Å². The van der Waals surface area contributed by atoms with Crippen LogP contribution in [0.5, 0.6) is 11.5 Å². The third-order valence-electron chi connectivity index (χ3n) is 14.0. The number of unbranched alkanes of at least 4 members (excludes halogenated alkanes) is 5. The number of hydrogen-bond acceptors (Lipinski definition) is 13. The monoisotopic (exact) mass is 1130 g/mol. The van der Waals surface area contributed by atoms with Crippen molar-refractivity contribution >= 4 is 64.5 Å². The van der Waals surface area contributed by atoms with E-state index >= 15 is 0 Å². The van der Waals surface area contributed by atoms with Crippen molar-refractivity contribution in [1.29, 1.82) is 0 Å². The number of esters is 1. The van der Waals surface area contributed by atoms with E-state index in [1.807, 2.05) is 74.4 Å². The van der Waals surface area contributed by atoms with Crippen LogP contribution in [0.15, 0.2) is 103 Å². The zero-order chi connectivity index (χ0) is 57.9. The summed E-state index contributed by atoms with van der Waals surface area (Å²) < 4.78 is 23.9. The zero-order valence-corrected chi connectivity index (χ0v) is 47.1. The minimum Gasteiger partial charge on any atom is -0.478 e. The normalized spacial score (nSPS) is 12.9. The first-order valence-corrected chi connectivity index (χ1v) is 27.9. The Morgan fingerprint density at radius 1 is 0.531 bits per heavy atom. The SMILES string of the molecule is CN(C)c1ccc2c(c1)Oc1cc(N(C)C)ccc1C21OC(=O)c2cc(C(=O)NCCCCNC(=O)C(CCCCNC(=O)c3ccc(C(=O)NCCOCCOCCCCCCCl)cc3)NC(=O)c3ccc(C(=O)O)cc3)ccc21. The van der Waals surface area contributed by atoms with E-state index in [4.69, 9.17) is 30.5 Å². The molecule has 0 saturated carbocycles. The summed E-state index contributed by atoms with van der Waals surface area (Å²) >= 11 is 5.70. The van der Waals surface area contributed by atoms with Crippen LogP contribution < -0.4 is 41.1 Å². The maximum absolute atomic E-state index is 13.8. The Balaban J connectivity index is 0.863. The lowest BCUT2D eigenvalue weighted by atomic mass is 9.77. The summed E-state index contributed by atoms with van der Waals surface area (Å²) in [4.78, 5) is 95.2. The first-order valence-electron chi connectivity index (χ1n) is 27.4. The molecule has 81 heavy (non-hydrogen) atoms. The summed E-state index contributed by atoms with van der Waals surface area (Å²) in [5, 5.41) is 23.5. The highest BCUT2D eigenvalue weighted by atomic mass is 35.5. The molecule has 20 heteroatoms. The van der Waals surface area contributed by atoms with Crippen molar-refractivity contribution in [2.24, 2.45) is 0 Å². The predicted octanol–water partition coefficient (Wildman–Crippen LogP) is 7.67. The van der Waals surface area contributed by atoms with Gasteiger partial charge in [-0.1, -0.05) is 18.9 Å². The van der Waals surface area contributed by atoms with Gasteiger partial charge >= 0.3 is 11.9 Å². The van der Waals surface area contributed by atoms with Gasteiger partial charge in [0.25, 0.3) is 23.6 Å². The van der Waals surface area contributed by atoms with Gasteiger partial charge in [-0.2, -0.15) is 0 Å². The molecule has 0 radical (unpaired) electrons. The summed E-state index contributed by atoms with van der Waals surface area (Å²) in [5.74, 6) is -1.96. The number of anilines is 2. The van der Waals surface area contributed by atoms with Crippen LogP contribution in [-0.2, 0) is 24.6 Å². The van der Waals surface area contributed by atoms with Gasteiger partial charge in [-0.05, 0) is 130 Å². The zero-order valence-electron chi connectivity index (χ0n) is 46.3. The molecule has 19 nitrogen and oxygen atoms in total. The Hall–Kier alpha value is -8.00. The molecule has 5 aromatic carbocycles. The molecule has 1 spiro atoms. The predicted molar refractivity (Wildman–Crippen MR) is 308 cm³/mol. The quantitative estimate of drug-likeness (QED) is 0.0142. The molecule has 6 N–H and O–H groups in total. The summed E-state index contributed by atoms with van der Waals surface area (Å²) in [6.07, 6.45) is 6.30. The lowest BCUT2D eigenvalue weighted by molar-refractivity contribution is -0.123. The number of alkyl halides is 1. The Kier molecular flexibility index (Phi) is 22.1. The number of rotatable bonds is 31. The summed E-state index contributed by atoms with van der Waals surface area (Å²) in [5.41, 5.74) is 3.89. The van der Waals surface area contributed by atoms with E-state index < -0.39 is 41.3 Å². The average molecular weight is 1130 g/mol. The second kappa shape index (κ2) is 29.5. The van der Waals surface area contributed by atoms with E-state index in [0.717, 1.165) is 37.1 Å². The number of amides is 5. The molecular formula is C61H72ClN7O12. The van der Waals surface area contributed by atoms with Crippen LogP contribution in [0.1, 0.15) is 137 Å². The number of halogens is 1. The molecular weight excluding hydrogens is 1060 g/mol. The molecule has 1 atom stereocenters. The van der Waals surface area contributed by atoms with Crippen LogP contribution >= 0.6 is 11.6 Å². The van der Waals surface area contributed by atoms with E-state index in [1.54, 1.807) is 42.5 Å². The van der Waals surface area contributed by atoms with E-state index in [2.05, 4.69) is 26.6 Å². The van der Waals surface area contributed by atoms with Gasteiger partial charge in [0.1, 0.15) is 17.5 Å². The molecule has 5 amide bonds. The molecule has 1 unspecified atom stereocenters. The Morgan fingerprint density at radius 3 is 1.58 bits per heavy atom. The second-order valence-electron chi connectivity index (χ2n) is 20.2. The van der Waals surface area contributed by atoms with Crippen LogP contribution in [0.3, 0.4) is 0 Å². The largest absolute Gasteiger partial charge is 0.478 e. The van der Waals surface area contributed by atoms with Gasteiger partial charge in [0.2, 0.25) is 5.91 Å². The van der Waals surface area contributed by atoms with Crippen molar-refractivity contribution in [3.8, 4) is 11.5 Å². The van der Waals surface area contributed by atoms with Crippen molar-refractivity contribution in [3.05, 3.63) is 153 Å². The maximum Gasteiger partial charge on any atom is 0.340 e. The lowest BCUT2D eigenvalue weighted by Gasteiger charge is -2.37. The van der Waals surface area contributed by atoms with Gasteiger partial charge in [0.15, 0.2) is 5.60 Å². The molecule has 0 aromatic heterocycles. The van der Waals surface area contributed by atoms with E-state index in [-0.39, 0.29) is 60.1 Å². The number of hydrogen-bond donors (Lipinski definition) is 6. The number of ether oxygens (including phenoxy) is 4. The third-order valence-corrected chi connectivity index (χ3v) is 14.2. The highest BCUT2D eigenvalue weighted by molar-refractivity contribution is 6.17. The third kappa shape index (κ3) is 15.9. The standard InChI is InChI=1S/C61H72ClN7O12/c1-68(2)45-23-26-49-52(38-45)80-53-39-46(69(3)4)24-27-50(53)61(49)48-25-22-44(37-47(48)60(77)81-61)56(72)64-30-10-11-31-65-58(74)51(67-57(73)42-18-20-43(21-19-42)59(75)76)13-7-9-29-63-54(70)40-14-16-41(17-15-40)55(71)66-32-34-79-36-35-78-33-12-6-5-8-28-62/h14-27,37-39,51H,5-13,28-36H2,1-4H3,(H,63,70)(H,64,72)(H,65,74)(H,66,71)(H,67,73)(H,75,76). The van der Waals surface area contributed by atoms with Crippen molar-refractivity contribution in [3.63, 3.8) is 0 Å². The minimum absolute atomic E-state index is 0.00631. The maximum atomic E-state index is 13.8. The molecule has 0 aliphatic carbocycles. The molecule has 0 saturated heterocycles. The van der Waals surface area contributed by atoms with Crippen LogP contribution in [0.25, 0.3) is 0 Å². The second-order valence-corrected chi connectivity index (χ2v) is 20.5. The van der Waals surface area contributed by atoms with Gasteiger partial charge in [-0.3, -0.25) is 24.0 Å². The van der Waals surface area contributed by atoms with Crippen molar-refractivity contribution in [2.75, 3.05) is 96.5 Å². The fourth-order valence-electron chi connectivity index (χ4n) is 9.43. The fourth-order valence-corrected chi connectivity index (χ4v) is 9.62. The number of carbonyl (C=O) groups is 7. The van der Waals surface area contributed by atoms with Crippen molar-refractivity contribution < 1.29 is 57.6 Å². The molecule has 0 bridgehead atoms. The lowest BCUT2D eigenvalue weighted by Crippen LogP contribution is -2.47. The summed E-state index contributed by atoms with van der Waals surface area (Å²) in [6.45, 7) is 3.02. The number of nitrogens with one attached hydrogen (secondary N) is 5. The number of aromatic carboxylic acids is 1.